The molecule has 2 heterocycles. The van der Waals surface area contributed by atoms with Crippen LogP contribution in [0.15, 0.2) is 28.7 Å². The van der Waals surface area contributed by atoms with E-state index < -0.39 is 0 Å². The van der Waals surface area contributed by atoms with E-state index in [9.17, 15) is 0 Å². The van der Waals surface area contributed by atoms with Crippen LogP contribution in [0.4, 0.5) is 0 Å². The summed E-state index contributed by atoms with van der Waals surface area (Å²) < 4.78 is 10.8. The minimum Gasteiger partial charge on any atom is -0.497 e. The highest BCUT2D eigenvalue weighted by atomic mass is 127. The fourth-order valence-electron chi connectivity index (χ4n) is 3.45. The highest BCUT2D eigenvalue weighted by molar-refractivity contribution is 14.0. The molecule has 1 aliphatic heterocycles. The number of ether oxygens (including phenoxy) is 2. The van der Waals surface area contributed by atoms with Gasteiger partial charge in [0.2, 0.25) is 0 Å². The van der Waals surface area contributed by atoms with Gasteiger partial charge in [-0.1, -0.05) is 0 Å². The van der Waals surface area contributed by atoms with Crippen molar-refractivity contribution in [3.05, 3.63) is 39.8 Å². The molecule has 1 fully saturated rings. The van der Waals surface area contributed by atoms with Crippen molar-refractivity contribution in [2.45, 2.75) is 39.4 Å². The van der Waals surface area contributed by atoms with Crippen molar-refractivity contribution in [2.75, 3.05) is 33.9 Å². The van der Waals surface area contributed by atoms with Gasteiger partial charge in [0.05, 0.1) is 32.0 Å². The number of guanidine groups is 1. The van der Waals surface area contributed by atoms with Gasteiger partial charge in [-0.2, -0.15) is 0 Å². The van der Waals surface area contributed by atoms with Gasteiger partial charge in [-0.15, -0.1) is 35.3 Å². The van der Waals surface area contributed by atoms with E-state index in [2.05, 4.69) is 39.6 Å². The van der Waals surface area contributed by atoms with Crippen LogP contribution in [0.25, 0.3) is 0 Å². The van der Waals surface area contributed by atoms with Crippen LogP contribution < -0.4 is 20.1 Å². The third-order valence-electron chi connectivity index (χ3n) is 5.00. The molecule has 166 valence electrons. The molecule has 1 aromatic carbocycles. The van der Waals surface area contributed by atoms with Crippen LogP contribution in [-0.2, 0) is 13.1 Å². The predicted molar refractivity (Wildman–Crippen MR) is 133 cm³/mol. The van der Waals surface area contributed by atoms with E-state index in [1.807, 2.05) is 18.5 Å². The molecule has 0 radical (unpaired) electrons. The lowest BCUT2D eigenvalue weighted by molar-refractivity contribution is 0.321. The third kappa shape index (κ3) is 6.98. The normalized spacial score (nSPS) is 16.8. The maximum atomic E-state index is 5.39. The second kappa shape index (κ2) is 12.3. The maximum Gasteiger partial charge on any atom is 0.191 e. The van der Waals surface area contributed by atoms with Crippen LogP contribution >= 0.6 is 35.3 Å². The van der Waals surface area contributed by atoms with Gasteiger partial charge in [-0.05, 0) is 38.0 Å². The van der Waals surface area contributed by atoms with Gasteiger partial charge < -0.3 is 20.1 Å². The number of nitrogens with zero attached hydrogens (tertiary/aromatic N) is 3. The number of halogens is 1. The van der Waals surface area contributed by atoms with Crippen molar-refractivity contribution in [1.82, 2.24) is 20.5 Å². The summed E-state index contributed by atoms with van der Waals surface area (Å²) in [7, 11) is 3.37. The van der Waals surface area contributed by atoms with Crippen molar-refractivity contribution in [2.24, 2.45) is 4.99 Å². The van der Waals surface area contributed by atoms with E-state index in [0.29, 0.717) is 12.6 Å². The lowest BCUT2D eigenvalue weighted by Gasteiger charge is -2.19. The Hall–Kier alpha value is -1.59. The smallest absolute Gasteiger partial charge is 0.191 e. The number of aryl methyl sites for hydroxylation is 1. The summed E-state index contributed by atoms with van der Waals surface area (Å²) >= 11 is 1.66. The van der Waals surface area contributed by atoms with Crippen molar-refractivity contribution < 1.29 is 9.47 Å². The quantitative estimate of drug-likeness (QED) is 0.301. The van der Waals surface area contributed by atoms with Crippen LogP contribution in [0, 0.1) is 6.92 Å². The van der Waals surface area contributed by atoms with Gasteiger partial charge in [0.1, 0.15) is 11.5 Å². The fourth-order valence-corrected chi connectivity index (χ4v) is 4.15. The standard InChI is InChI=1S/C21H31N5O2S.HI/c1-5-22-21(23-11-20-15(2)24-14-29-20)25-17-6-7-26(13-17)12-16-8-18(27-3)10-19(9-16)28-4;/h8-10,14,17H,5-7,11-13H2,1-4H3,(H2,22,23,25);1H. The molecule has 1 atom stereocenters. The largest absolute Gasteiger partial charge is 0.497 e. The first-order chi connectivity index (χ1) is 14.1. The Kier molecular flexibility index (Phi) is 10.1. The molecule has 9 heteroatoms. The number of thiazole rings is 1. The summed E-state index contributed by atoms with van der Waals surface area (Å²) in [5, 5.41) is 6.95. The van der Waals surface area contributed by atoms with E-state index in [1.54, 1.807) is 25.6 Å². The minimum absolute atomic E-state index is 0. The van der Waals surface area contributed by atoms with E-state index in [-0.39, 0.29) is 24.0 Å². The Morgan fingerprint density at radius 1 is 1.27 bits per heavy atom. The SMILES string of the molecule is CCNC(=NCc1scnc1C)NC1CCN(Cc2cc(OC)cc(OC)c2)C1.I. The summed E-state index contributed by atoms with van der Waals surface area (Å²) in [4.78, 5) is 12.7. The number of aromatic nitrogens is 1. The second-order valence-electron chi connectivity index (χ2n) is 7.14. The Balaban J connectivity index is 0.00000320. The zero-order chi connectivity index (χ0) is 20.6. The molecule has 3 rings (SSSR count). The predicted octanol–water partition coefficient (Wildman–Crippen LogP) is 3.42. The number of nitrogens with one attached hydrogen (secondary N) is 2. The molecule has 7 nitrogen and oxygen atoms in total. The zero-order valence-corrected chi connectivity index (χ0v) is 21.3. The first-order valence-corrected chi connectivity index (χ1v) is 10.9. The molecule has 1 aromatic heterocycles. The van der Waals surface area contributed by atoms with Gasteiger partial charge in [0.25, 0.3) is 0 Å². The van der Waals surface area contributed by atoms with Gasteiger partial charge in [-0.3, -0.25) is 4.90 Å². The van der Waals surface area contributed by atoms with Crippen molar-refractivity contribution >= 4 is 41.3 Å². The van der Waals surface area contributed by atoms with Gasteiger partial charge in [0, 0.05) is 43.2 Å². The monoisotopic (exact) mass is 545 g/mol. The molecule has 0 spiro atoms. The van der Waals surface area contributed by atoms with Crippen molar-refractivity contribution in [3.63, 3.8) is 0 Å². The molecule has 1 saturated heterocycles. The topological polar surface area (TPSA) is 71.0 Å². The molecule has 2 aromatic rings. The number of aliphatic imine (C=N–C) groups is 1. The number of rotatable bonds is 8. The van der Waals surface area contributed by atoms with E-state index in [1.165, 1.54) is 10.4 Å². The van der Waals surface area contributed by atoms with E-state index in [0.717, 1.165) is 55.8 Å². The number of likely N-dealkylation sites (tertiary alicyclic amines) is 1. The number of methoxy groups -OCH3 is 2. The number of benzene rings is 1. The second-order valence-corrected chi connectivity index (χ2v) is 8.08. The van der Waals surface area contributed by atoms with Crippen LogP contribution in [-0.4, -0.2) is 55.7 Å². The molecule has 2 N–H and O–H groups in total. The average Bonchev–Trinajstić information content (AvgIpc) is 3.34. The molecule has 0 aliphatic carbocycles. The number of hydrogen-bond donors (Lipinski definition) is 2. The summed E-state index contributed by atoms with van der Waals surface area (Å²) in [5.74, 6) is 2.52. The maximum absolute atomic E-state index is 5.39. The van der Waals surface area contributed by atoms with E-state index in [4.69, 9.17) is 14.5 Å². The van der Waals surface area contributed by atoms with Crippen LogP contribution in [0.1, 0.15) is 29.5 Å². The Morgan fingerprint density at radius 2 is 2.00 bits per heavy atom. The minimum atomic E-state index is 0. The Bertz CT molecular complexity index is 807. The molecule has 0 saturated carbocycles. The summed E-state index contributed by atoms with van der Waals surface area (Å²) in [5.41, 5.74) is 4.14. The molecule has 1 aliphatic rings. The van der Waals surface area contributed by atoms with Crippen molar-refractivity contribution in [1.29, 1.82) is 0 Å². The van der Waals surface area contributed by atoms with Crippen LogP contribution in [0.2, 0.25) is 0 Å². The first-order valence-electron chi connectivity index (χ1n) is 9.99. The fraction of sp³-hybridized carbons (Fsp3) is 0.524. The highest BCUT2D eigenvalue weighted by Gasteiger charge is 2.23. The third-order valence-corrected chi connectivity index (χ3v) is 5.92. The van der Waals surface area contributed by atoms with Crippen molar-refractivity contribution in [3.8, 4) is 11.5 Å². The van der Waals surface area contributed by atoms with Gasteiger partial charge in [-0.25, -0.2) is 9.98 Å². The van der Waals surface area contributed by atoms with Gasteiger partial charge >= 0.3 is 0 Å². The first kappa shape index (κ1) is 24.7. The highest BCUT2D eigenvalue weighted by Crippen LogP contribution is 2.24. The van der Waals surface area contributed by atoms with Gasteiger partial charge in [0.15, 0.2) is 5.96 Å². The molecular weight excluding hydrogens is 513 g/mol. The molecule has 0 bridgehead atoms. The summed E-state index contributed by atoms with van der Waals surface area (Å²) in [6.45, 7) is 8.52. The average molecular weight is 545 g/mol. The Labute approximate surface area is 200 Å². The lowest BCUT2D eigenvalue weighted by atomic mass is 10.2. The molecular formula is C21H32IN5O2S. The molecule has 30 heavy (non-hydrogen) atoms. The van der Waals surface area contributed by atoms with E-state index >= 15 is 0 Å². The summed E-state index contributed by atoms with van der Waals surface area (Å²) in [6.07, 6.45) is 1.09. The van der Waals surface area contributed by atoms with Crippen LogP contribution in [0.3, 0.4) is 0 Å². The van der Waals surface area contributed by atoms with Crippen LogP contribution in [0.5, 0.6) is 11.5 Å². The summed E-state index contributed by atoms with van der Waals surface area (Å²) in [6, 6.07) is 6.43. The Morgan fingerprint density at radius 3 is 2.60 bits per heavy atom. The lowest BCUT2D eigenvalue weighted by Crippen LogP contribution is -2.44. The molecule has 1 unspecified atom stereocenters. The number of hydrogen-bond acceptors (Lipinski definition) is 6. The molecule has 0 amide bonds. The zero-order valence-electron chi connectivity index (χ0n) is 18.1.